The van der Waals surface area contributed by atoms with Crippen LogP contribution in [0.25, 0.3) is 0 Å². The Balaban J connectivity index is 2.59. The Hall–Kier alpha value is -0.120. The Kier molecular flexibility index (Phi) is 6.61. The van der Waals surface area contributed by atoms with Crippen LogP contribution >= 0.6 is 0 Å². The summed E-state index contributed by atoms with van der Waals surface area (Å²) in [6, 6.07) is 1.25. The summed E-state index contributed by atoms with van der Waals surface area (Å²) >= 11 is 0. The quantitative estimate of drug-likeness (QED) is 0.708. The van der Waals surface area contributed by atoms with Gasteiger partial charge >= 0.3 is 0 Å². The average Bonchev–Trinajstić information content (AvgIpc) is 2.31. The first kappa shape index (κ1) is 15.9. The molecule has 18 heavy (non-hydrogen) atoms. The largest absolute Gasteiger partial charge is 0.380 e. The van der Waals surface area contributed by atoms with Crippen molar-refractivity contribution in [2.45, 2.75) is 59.0 Å². The summed E-state index contributed by atoms with van der Waals surface area (Å²) in [5, 5.41) is 3.71. The molecule has 1 saturated carbocycles. The number of likely N-dealkylation sites (N-methyl/N-ethyl adjacent to an activating group) is 2. The van der Waals surface area contributed by atoms with Gasteiger partial charge in [0.1, 0.15) is 0 Å². The predicted molar refractivity (Wildman–Crippen MR) is 78.0 cm³/mol. The zero-order valence-corrected chi connectivity index (χ0v) is 13.0. The molecule has 0 aliphatic heterocycles. The first-order chi connectivity index (χ1) is 8.53. The molecule has 0 radical (unpaired) electrons. The molecule has 108 valence electrons. The van der Waals surface area contributed by atoms with Crippen LogP contribution in [-0.2, 0) is 4.74 Å². The maximum atomic E-state index is 5.48. The molecule has 1 aliphatic carbocycles. The van der Waals surface area contributed by atoms with E-state index in [0.29, 0.717) is 17.5 Å². The zero-order chi connectivity index (χ0) is 13.6. The van der Waals surface area contributed by atoms with E-state index < -0.39 is 0 Å². The molecule has 0 amide bonds. The standard InChI is InChI=1S/C15H32N2O/c1-6-16-14-13(9-8-10-15(14,3)4)17(5)11-12-18-7-2/h13-14,16H,6-12H2,1-5H3. The van der Waals surface area contributed by atoms with Gasteiger partial charge in [0.25, 0.3) is 0 Å². The number of ether oxygens (including phenoxy) is 1. The van der Waals surface area contributed by atoms with Gasteiger partial charge in [-0.05, 0) is 38.8 Å². The van der Waals surface area contributed by atoms with E-state index in [0.717, 1.165) is 26.3 Å². The highest BCUT2D eigenvalue weighted by Gasteiger charge is 2.39. The number of hydrogen-bond donors (Lipinski definition) is 1. The van der Waals surface area contributed by atoms with Crippen LogP contribution in [-0.4, -0.2) is 50.3 Å². The Morgan fingerprint density at radius 2 is 2.06 bits per heavy atom. The number of rotatable bonds is 7. The molecular formula is C15H32N2O. The molecule has 1 N–H and O–H groups in total. The van der Waals surface area contributed by atoms with Crippen molar-refractivity contribution in [1.82, 2.24) is 10.2 Å². The molecule has 0 bridgehead atoms. The van der Waals surface area contributed by atoms with Crippen molar-refractivity contribution < 1.29 is 4.74 Å². The monoisotopic (exact) mass is 256 g/mol. The van der Waals surface area contributed by atoms with E-state index >= 15 is 0 Å². The molecule has 1 aliphatic rings. The molecule has 0 aromatic rings. The van der Waals surface area contributed by atoms with E-state index in [1.54, 1.807) is 0 Å². The van der Waals surface area contributed by atoms with Gasteiger partial charge in [-0.3, -0.25) is 4.90 Å². The van der Waals surface area contributed by atoms with Crippen LogP contribution in [0.15, 0.2) is 0 Å². The molecule has 0 spiro atoms. The Morgan fingerprint density at radius 1 is 1.33 bits per heavy atom. The van der Waals surface area contributed by atoms with E-state index in [1.165, 1.54) is 19.3 Å². The fourth-order valence-corrected chi connectivity index (χ4v) is 3.24. The number of nitrogens with one attached hydrogen (secondary N) is 1. The van der Waals surface area contributed by atoms with E-state index in [2.05, 4.69) is 45.0 Å². The minimum absolute atomic E-state index is 0.402. The van der Waals surface area contributed by atoms with Gasteiger partial charge in [0, 0.05) is 25.2 Å². The van der Waals surface area contributed by atoms with Gasteiger partial charge in [0.05, 0.1) is 6.61 Å². The predicted octanol–water partition coefficient (Wildman–Crippen LogP) is 2.51. The summed E-state index contributed by atoms with van der Waals surface area (Å²) in [7, 11) is 2.25. The zero-order valence-electron chi connectivity index (χ0n) is 13.0. The van der Waals surface area contributed by atoms with Crippen molar-refractivity contribution in [2.75, 3.05) is 33.4 Å². The minimum atomic E-state index is 0.402. The Morgan fingerprint density at radius 3 is 2.67 bits per heavy atom. The first-order valence-corrected chi connectivity index (χ1v) is 7.54. The summed E-state index contributed by atoms with van der Waals surface area (Å²) < 4.78 is 5.48. The van der Waals surface area contributed by atoms with E-state index in [1.807, 2.05) is 0 Å². The number of nitrogens with zero attached hydrogens (tertiary/aromatic N) is 1. The van der Waals surface area contributed by atoms with E-state index in [9.17, 15) is 0 Å². The van der Waals surface area contributed by atoms with Gasteiger partial charge in [-0.15, -0.1) is 0 Å². The maximum absolute atomic E-state index is 5.48. The Labute approximate surface area is 113 Å². The van der Waals surface area contributed by atoms with Crippen molar-refractivity contribution in [3.8, 4) is 0 Å². The summed E-state index contributed by atoms with van der Waals surface area (Å²) in [4.78, 5) is 2.49. The minimum Gasteiger partial charge on any atom is -0.380 e. The summed E-state index contributed by atoms with van der Waals surface area (Å²) in [6.07, 6.45) is 3.99. The van der Waals surface area contributed by atoms with E-state index in [-0.39, 0.29) is 0 Å². The van der Waals surface area contributed by atoms with Gasteiger partial charge in [0.15, 0.2) is 0 Å². The molecule has 0 aromatic carbocycles. The molecule has 1 fully saturated rings. The Bertz CT molecular complexity index is 231. The molecular weight excluding hydrogens is 224 g/mol. The SMILES string of the molecule is CCNC1C(N(C)CCOCC)CCCC1(C)C. The van der Waals surface area contributed by atoms with Gasteiger partial charge in [-0.25, -0.2) is 0 Å². The first-order valence-electron chi connectivity index (χ1n) is 7.54. The van der Waals surface area contributed by atoms with Gasteiger partial charge < -0.3 is 10.1 Å². The smallest absolute Gasteiger partial charge is 0.0593 e. The molecule has 1 rings (SSSR count). The topological polar surface area (TPSA) is 24.5 Å². The summed E-state index contributed by atoms with van der Waals surface area (Å²) in [6.45, 7) is 12.8. The van der Waals surface area contributed by atoms with Crippen LogP contribution in [0.3, 0.4) is 0 Å². The van der Waals surface area contributed by atoms with Gasteiger partial charge in [-0.2, -0.15) is 0 Å². The van der Waals surface area contributed by atoms with Crippen molar-refractivity contribution in [3.05, 3.63) is 0 Å². The summed E-state index contributed by atoms with van der Waals surface area (Å²) in [5.41, 5.74) is 0.402. The fourth-order valence-electron chi connectivity index (χ4n) is 3.24. The lowest BCUT2D eigenvalue weighted by atomic mass is 9.70. The highest BCUT2D eigenvalue weighted by atomic mass is 16.5. The van der Waals surface area contributed by atoms with Gasteiger partial charge in [0.2, 0.25) is 0 Å². The summed E-state index contributed by atoms with van der Waals surface area (Å²) in [5.74, 6) is 0. The van der Waals surface area contributed by atoms with Crippen molar-refractivity contribution in [2.24, 2.45) is 5.41 Å². The lowest BCUT2D eigenvalue weighted by molar-refractivity contribution is 0.0423. The van der Waals surface area contributed by atoms with Crippen molar-refractivity contribution in [3.63, 3.8) is 0 Å². The average molecular weight is 256 g/mol. The normalized spacial score (nSPS) is 27.7. The van der Waals surface area contributed by atoms with E-state index in [4.69, 9.17) is 4.74 Å². The molecule has 0 aromatic heterocycles. The van der Waals surface area contributed by atoms with Crippen LogP contribution in [0.4, 0.5) is 0 Å². The third-order valence-electron chi connectivity index (χ3n) is 4.33. The molecule has 2 atom stereocenters. The second-order valence-electron chi connectivity index (χ2n) is 6.16. The number of hydrogen-bond acceptors (Lipinski definition) is 3. The van der Waals surface area contributed by atoms with Gasteiger partial charge in [-0.1, -0.05) is 27.2 Å². The molecule has 3 nitrogen and oxygen atoms in total. The third kappa shape index (κ3) is 4.22. The molecule has 2 unspecified atom stereocenters. The highest BCUT2D eigenvalue weighted by molar-refractivity contribution is 4.97. The second-order valence-corrected chi connectivity index (χ2v) is 6.16. The highest BCUT2D eigenvalue weighted by Crippen LogP contribution is 2.37. The van der Waals surface area contributed by atoms with Crippen molar-refractivity contribution in [1.29, 1.82) is 0 Å². The van der Waals surface area contributed by atoms with Crippen LogP contribution in [0, 0.1) is 5.41 Å². The molecule has 0 saturated heterocycles. The van der Waals surface area contributed by atoms with Crippen molar-refractivity contribution >= 4 is 0 Å². The lowest BCUT2D eigenvalue weighted by Gasteiger charge is -2.47. The van der Waals surface area contributed by atoms with Crippen LogP contribution in [0.5, 0.6) is 0 Å². The van der Waals surface area contributed by atoms with Crippen LogP contribution in [0.1, 0.15) is 47.0 Å². The van der Waals surface area contributed by atoms with Crippen LogP contribution in [0.2, 0.25) is 0 Å². The molecule has 0 heterocycles. The third-order valence-corrected chi connectivity index (χ3v) is 4.33. The second kappa shape index (κ2) is 7.46. The fraction of sp³-hybridized carbons (Fsp3) is 1.00. The van der Waals surface area contributed by atoms with Crippen LogP contribution < -0.4 is 5.32 Å². The lowest BCUT2D eigenvalue weighted by Crippen LogP contribution is -2.58. The molecule has 3 heteroatoms. The maximum Gasteiger partial charge on any atom is 0.0593 e.